The van der Waals surface area contributed by atoms with Crippen molar-refractivity contribution in [3.05, 3.63) is 251 Å². The highest BCUT2D eigenvalue weighted by molar-refractivity contribution is 6.02. The number of methoxy groups -OCH3 is 4. The van der Waals surface area contributed by atoms with Gasteiger partial charge in [-0.3, -0.25) is 10.6 Å². The van der Waals surface area contributed by atoms with E-state index in [0.29, 0.717) is 245 Å². The highest BCUT2D eigenvalue weighted by Crippen LogP contribution is 2.43. The van der Waals surface area contributed by atoms with Gasteiger partial charge in [0, 0.05) is 106 Å². The van der Waals surface area contributed by atoms with Gasteiger partial charge in [0.05, 0.1) is 200 Å². The second-order valence-corrected chi connectivity index (χ2v) is 36.3. The first kappa shape index (κ1) is 106. The lowest BCUT2D eigenvalue weighted by Crippen LogP contribution is -2.27. The minimum atomic E-state index is -0.723. The highest BCUT2D eigenvalue weighted by atomic mass is 16.6. The highest BCUT2D eigenvalue weighted by Gasteiger charge is 2.26. The molecule has 6 N–H and O–H groups in total. The zero-order valence-corrected chi connectivity index (χ0v) is 85.0. The van der Waals surface area contributed by atoms with Gasteiger partial charge in [0.1, 0.15) is 60.6 Å². The topological polar surface area (TPSA) is 339 Å². The molecule has 766 valence electrons. The normalized spacial score (nSPS) is 12.0. The Balaban J connectivity index is 0.885. The first-order valence-corrected chi connectivity index (χ1v) is 49.4. The van der Waals surface area contributed by atoms with E-state index >= 15 is 0 Å². The number of aromatic nitrogens is 8. The SMILES string of the molecule is COCCOCCOCCOc1cccc(-c2c3nc(c(-c4ccc(NC(=O)OC(C)(C)C)cc4)c4ccc([nH]4)c(-c4cccc(OCCOCCOCCOC)c4)c4nc(c(C#CC#Cc5c6nc(c(-c7cccc(OCCOCCOCCOC)c7)c7ccc([nH]7)c(-c7ccc(NC(=O)OC(C)(C)C)cc7)c7nc(c(-c8cccc(OCCOCCOCCOC)c8)c8ccc5[nH]8)C=C7)C=C6)c5ccc2[nH]5)C=C4)C=C3)c1. The van der Waals surface area contributed by atoms with Gasteiger partial charge in [-0.15, -0.1) is 0 Å². The number of H-pyrrole nitrogens is 4. The van der Waals surface area contributed by atoms with Gasteiger partial charge in [-0.1, -0.05) is 72.8 Å². The number of ether oxygens (including phenoxy) is 18. The van der Waals surface area contributed by atoms with Crippen LogP contribution in [-0.4, -0.2) is 250 Å². The minimum Gasteiger partial charge on any atom is -0.491 e. The number of anilines is 2. The number of nitrogens with zero attached hydrogens (tertiary/aromatic N) is 4. The van der Waals surface area contributed by atoms with E-state index in [1.54, 1.807) is 28.4 Å². The van der Waals surface area contributed by atoms with Crippen molar-refractivity contribution in [3.63, 3.8) is 0 Å². The van der Waals surface area contributed by atoms with Crippen molar-refractivity contribution in [2.24, 2.45) is 0 Å². The fourth-order valence-corrected chi connectivity index (χ4v) is 16.7. The molecule has 16 bridgehead atoms. The maximum Gasteiger partial charge on any atom is 0.412 e. The third-order valence-corrected chi connectivity index (χ3v) is 23.3. The number of hydrogen-bond acceptors (Lipinski definition) is 24. The van der Waals surface area contributed by atoms with Gasteiger partial charge in [-0.25, -0.2) is 29.5 Å². The number of hydrogen-bond donors (Lipinski definition) is 6. The fraction of sp³-hybridized carbons (Fsp3) is 0.305. The summed E-state index contributed by atoms with van der Waals surface area (Å²) in [6, 6.07) is 63.1. The Hall–Kier alpha value is -15.1. The molecular formula is C118H124N10O20. The number of nitrogens with one attached hydrogen (secondary N) is 6. The number of carbonyl (C=O) groups is 2. The Bertz CT molecular complexity index is 6690. The van der Waals surface area contributed by atoms with E-state index in [4.69, 9.17) is 105 Å². The summed E-state index contributed by atoms with van der Waals surface area (Å²) in [4.78, 5) is 64.4. The summed E-state index contributed by atoms with van der Waals surface area (Å²) >= 11 is 0. The molecule has 4 aliphatic heterocycles. The van der Waals surface area contributed by atoms with Crippen molar-refractivity contribution < 1.29 is 94.9 Å². The second-order valence-electron chi connectivity index (χ2n) is 36.3. The van der Waals surface area contributed by atoms with Crippen LogP contribution in [0.4, 0.5) is 21.0 Å². The first-order valence-electron chi connectivity index (χ1n) is 49.4. The maximum atomic E-state index is 13.2. The average Bonchev–Trinajstić information content (AvgIpc) is 1.62. The quantitative estimate of drug-likeness (QED) is 0.0152. The third-order valence-electron chi connectivity index (χ3n) is 23.3. The summed E-state index contributed by atoms with van der Waals surface area (Å²) in [7, 11) is 6.56. The molecule has 0 saturated carbocycles. The van der Waals surface area contributed by atoms with Gasteiger partial charge in [-0.05, 0) is 269 Å². The predicted molar refractivity (Wildman–Crippen MR) is 580 cm³/mol. The lowest BCUT2D eigenvalue weighted by molar-refractivity contribution is 0.0180. The van der Waals surface area contributed by atoms with Crippen molar-refractivity contribution >= 4 is 116 Å². The fourth-order valence-electron chi connectivity index (χ4n) is 16.7. The number of rotatable bonds is 48. The van der Waals surface area contributed by atoms with Crippen LogP contribution in [0.5, 0.6) is 23.0 Å². The number of amides is 2. The molecule has 0 atom stereocenters. The van der Waals surface area contributed by atoms with Crippen LogP contribution in [0.1, 0.15) is 98.2 Å². The first-order chi connectivity index (χ1) is 72.3. The molecule has 30 heteroatoms. The van der Waals surface area contributed by atoms with Crippen molar-refractivity contribution in [1.29, 1.82) is 0 Å². The Kier molecular flexibility index (Phi) is 37.7. The Morgan fingerprint density at radius 1 is 0.257 bits per heavy atom. The Morgan fingerprint density at radius 3 is 0.723 bits per heavy atom. The molecule has 12 aromatic rings. The summed E-state index contributed by atoms with van der Waals surface area (Å²) < 4.78 is 104. The third kappa shape index (κ3) is 29.4. The molecule has 0 aliphatic carbocycles. The molecule has 0 radical (unpaired) electrons. The monoisotopic (exact) mass is 2000 g/mol. The van der Waals surface area contributed by atoms with E-state index in [9.17, 15) is 9.59 Å². The van der Waals surface area contributed by atoms with E-state index in [1.807, 2.05) is 284 Å². The summed E-state index contributed by atoms with van der Waals surface area (Å²) in [6.45, 7) is 20.4. The summed E-state index contributed by atoms with van der Waals surface area (Å²) in [5.74, 6) is 16.3. The zero-order valence-electron chi connectivity index (χ0n) is 85.0. The van der Waals surface area contributed by atoms with Gasteiger partial charge in [0.15, 0.2) is 0 Å². The van der Waals surface area contributed by atoms with Crippen LogP contribution in [0, 0.1) is 23.7 Å². The van der Waals surface area contributed by atoms with Crippen LogP contribution in [0.15, 0.2) is 194 Å². The second kappa shape index (κ2) is 52.8. The number of benzene rings is 6. The molecule has 2 amide bonds. The zero-order chi connectivity index (χ0) is 103. The molecule has 16 rings (SSSR count). The van der Waals surface area contributed by atoms with Crippen molar-refractivity contribution in [2.75, 3.05) is 198 Å². The molecule has 10 heterocycles. The van der Waals surface area contributed by atoms with Crippen molar-refractivity contribution in [1.82, 2.24) is 39.9 Å². The summed E-state index contributed by atoms with van der Waals surface area (Å²) in [5, 5.41) is 5.82. The molecule has 6 aromatic carbocycles. The van der Waals surface area contributed by atoms with Gasteiger partial charge in [-0.2, -0.15) is 0 Å². The molecule has 0 fully saturated rings. The molecule has 0 saturated heterocycles. The van der Waals surface area contributed by atoms with Crippen LogP contribution in [0.2, 0.25) is 0 Å². The van der Waals surface area contributed by atoms with Crippen LogP contribution < -0.4 is 29.6 Å². The molecule has 148 heavy (non-hydrogen) atoms. The smallest absolute Gasteiger partial charge is 0.412 e. The van der Waals surface area contributed by atoms with Gasteiger partial charge < -0.3 is 105 Å². The lowest BCUT2D eigenvalue weighted by atomic mass is 10.0. The molecule has 0 spiro atoms. The minimum absolute atomic E-state index is 0.269. The van der Waals surface area contributed by atoms with Crippen LogP contribution in [0.25, 0.3) is 160 Å². The Morgan fingerprint density at radius 2 is 0.473 bits per heavy atom. The largest absolute Gasteiger partial charge is 0.491 e. The summed E-state index contributed by atoms with van der Waals surface area (Å²) in [5.41, 5.74) is 20.3. The standard InChI is InChI=1S/C118H124N10O20/c1-117(2,3)147-115(129)119-85-31-27-79(28-32-85)109-97-43-47-105(125-97)111(81-17-13-21-87(75-81)143-71-67-139-63-59-135-55-51-131-7)101-39-35-93(121-101)91(94-36-40-102(122-94)112(106-48-44-98(109)126-106)82-18-14-22-88(76-82)144-72-68-140-64-60-136-56-52-132-8)25-11-12-26-92-95-37-41-103(123-95)113(83-19-15-23-89(77-83)145-73-69-141-65-61-137-57-53-133-9)107-49-45-99(127-107)110(80-29-33-86(34-30-80)120-116(130)148-118(4,5)6)100-46-50-108(128-100)114(104-42-38-96(92)124-104)84-20-16-24-90(78-84)146-74-70-142-66-62-138-58-54-134-10/h13-24,27-50,75-78,121,123,126,128H,51-74H2,1-10H3,(H,119,129)(H,120,130). The van der Waals surface area contributed by atoms with Crippen LogP contribution in [0.3, 0.4) is 0 Å². The number of fused-ring (bicyclic) bond motifs is 16. The maximum absolute atomic E-state index is 13.2. The lowest BCUT2D eigenvalue weighted by Gasteiger charge is -2.19. The van der Waals surface area contributed by atoms with E-state index in [2.05, 4.69) is 54.3 Å². The van der Waals surface area contributed by atoms with E-state index in [1.165, 1.54) is 0 Å². The van der Waals surface area contributed by atoms with E-state index < -0.39 is 23.4 Å². The van der Waals surface area contributed by atoms with Crippen molar-refractivity contribution in [2.45, 2.75) is 52.7 Å². The average molecular weight is 2000 g/mol. The molecule has 6 aromatic heterocycles. The van der Waals surface area contributed by atoms with E-state index in [-0.39, 0.29) is 26.4 Å². The molecular weight excluding hydrogens is 1880 g/mol. The van der Waals surface area contributed by atoms with Gasteiger partial charge in [0.25, 0.3) is 0 Å². The van der Waals surface area contributed by atoms with Crippen LogP contribution in [-0.2, 0) is 66.3 Å². The predicted octanol–water partition coefficient (Wildman–Crippen LogP) is 22.0. The number of aromatic amines is 4. The van der Waals surface area contributed by atoms with Crippen molar-refractivity contribution in [3.8, 4) is 113 Å². The number of carbonyl (C=O) groups excluding carboxylic acids is 2. The van der Waals surface area contributed by atoms with E-state index in [0.717, 1.165) is 88.8 Å². The Labute approximate surface area is 860 Å². The van der Waals surface area contributed by atoms with Gasteiger partial charge in [0.2, 0.25) is 0 Å². The van der Waals surface area contributed by atoms with Gasteiger partial charge >= 0.3 is 12.2 Å². The molecule has 0 unspecified atom stereocenters. The van der Waals surface area contributed by atoms with Crippen LogP contribution >= 0.6 is 0 Å². The molecule has 30 nitrogen and oxygen atoms in total. The summed E-state index contributed by atoms with van der Waals surface area (Å²) in [6.07, 6.45) is 14.8. The molecule has 4 aliphatic rings.